The predicted octanol–water partition coefficient (Wildman–Crippen LogP) is 6.47. The van der Waals surface area contributed by atoms with Crippen LogP contribution in [-0.2, 0) is 16.1 Å². The van der Waals surface area contributed by atoms with Gasteiger partial charge >= 0.3 is 0 Å². The van der Waals surface area contributed by atoms with E-state index < -0.39 is 11.7 Å². The van der Waals surface area contributed by atoms with Gasteiger partial charge in [-0.1, -0.05) is 19.8 Å². The number of rotatable bonds is 9. The molecular weight excluding hydrogens is 609 g/mol. The zero-order chi connectivity index (χ0) is 33.0. The predicted molar refractivity (Wildman–Crippen MR) is 180 cm³/mol. The molecule has 0 radical (unpaired) electrons. The molecule has 10 heteroatoms. The number of aromatic nitrogens is 2. The van der Waals surface area contributed by atoms with E-state index in [1.54, 1.807) is 4.90 Å². The van der Waals surface area contributed by atoms with Crippen molar-refractivity contribution in [1.82, 2.24) is 25.3 Å². The summed E-state index contributed by atoms with van der Waals surface area (Å²) in [6, 6.07) is 15.0. The minimum atomic E-state index is -0.621. The van der Waals surface area contributed by atoms with Crippen molar-refractivity contribution in [3.05, 3.63) is 71.2 Å². The Balaban J connectivity index is 1.06. The molecule has 1 saturated carbocycles. The fourth-order valence-corrected chi connectivity index (χ4v) is 7.79. The number of hydrogen-bond donors (Lipinski definition) is 1. The van der Waals surface area contributed by atoms with Crippen molar-refractivity contribution in [2.75, 3.05) is 32.8 Å². The second-order valence-corrected chi connectivity index (χ2v) is 14.1. The number of hydrogen-bond acceptors (Lipinski definition) is 7. The van der Waals surface area contributed by atoms with Gasteiger partial charge in [-0.15, -0.1) is 0 Å². The highest BCUT2D eigenvalue weighted by molar-refractivity contribution is 5.95. The van der Waals surface area contributed by atoms with E-state index in [0.717, 1.165) is 68.9 Å². The monoisotopic (exact) mass is 655 g/mol. The number of amides is 2. The molecule has 7 rings (SSSR count). The summed E-state index contributed by atoms with van der Waals surface area (Å²) in [5.74, 6) is 0.600. The van der Waals surface area contributed by atoms with Crippen LogP contribution in [-0.4, -0.2) is 76.7 Å². The van der Waals surface area contributed by atoms with Crippen molar-refractivity contribution in [3.8, 4) is 22.8 Å². The standard InChI is InChI=1S/C38H46FN5O4/c1-25-20-37(45)44(23-25)24-28-21-33(39)32(38(46)40-29-12-16-43(17-13-29)30-14-18-47-19-15-30)22-36(28)48-31-8-6-27(7-9-31)35-11-10-34(41-42-35)26-4-2-3-5-26/h6-11,21-22,25-26,29-30H,2-5,12-20,23-24H2,1H3,(H,40,46)/t25-/m0/s1. The maximum atomic E-state index is 15.6. The summed E-state index contributed by atoms with van der Waals surface area (Å²) in [6.45, 7) is 6.26. The average molecular weight is 656 g/mol. The highest BCUT2D eigenvalue weighted by atomic mass is 19.1. The first-order valence-electron chi connectivity index (χ1n) is 17.7. The summed E-state index contributed by atoms with van der Waals surface area (Å²) >= 11 is 0. The van der Waals surface area contributed by atoms with Gasteiger partial charge in [-0.3, -0.25) is 9.59 Å². The Morgan fingerprint density at radius 3 is 2.40 bits per heavy atom. The molecule has 1 aliphatic carbocycles. The van der Waals surface area contributed by atoms with Gasteiger partial charge in [0.15, 0.2) is 0 Å². The second kappa shape index (κ2) is 14.7. The quantitative estimate of drug-likeness (QED) is 0.282. The van der Waals surface area contributed by atoms with E-state index in [4.69, 9.17) is 9.47 Å². The Kier molecular flexibility index (Phi) is 10.00. The van der Waals surface area contributed by atoms with Crippen LogP contribution in [0.15, 0.2) is 48.5 Å². The first kappa shape index (κ1) is 32.6. The van der Waals surface area contributed by atoms with Crippen molar-refractivity contribution in [2.24, 2.45) is 5.92 Å². The molecule has 1 N–H and O–H groups in total. The van der Waals surface area contributed by atoms with Crippen LogP contribution >= 0.6 is 0 Å². The summed E-state index contributed by atoms with van der Waals surface area (Å²) in [6.07, 6.45) is 9.06. The Bertz CT molecular complexity index is 1580. The van der Waals surface area contributed by atoms with Gasteiger partial charge in [-0.2, -0.15) is 10.2 Å². The van der Waals surface area contributed by atoms with Gasteiger partial charge in [-0.25, -0.2) is 4.39 Å². The molecule has 1 atom stereocenters. The maximum Gasteiger partial charge on any atom is 0.254 e. The summed E-state index contributed by atoms with van der Waals surface area (Å²) in [7, 11) is 0. The molecule has 9 nitrogen and oxygen atoms in total. The third-order valence-corrected chi connectivity index (χ3v) is 10.6. The molecule has 1 aromatic heterocycles. The van der Waals surface area contributed by atoms with Gasteiger partial charge in [0.1, 0.15) is 17.3 Å². The third kappa shape index (κ3) is 7.55. The van der Waals surface area contributed by atoms with Crippen LogP contribution < -0.4 is 10.1 Å². The number of carbonyl (C=O) groups excluding carboxylic acids is 2. The largest absolute Gasteiger partial charge is 0.457 e. The lowest BCUT2D eigenvalue weighted by molar-refractivity contribution is -0.128. The van der Waals surface area contributed by atoms with E-state index in [0.29, 0.717) is 42.0 Å². The maximum absolute atomic E-state index is 15.6. The molecule has 0 spiro atoms. The average Bonchev–Trinajstić information content (AvgIpc) is 3.76. The lowest BCUT2D eigenvalue weighted by Gasteiger charge is -2.39. The SMILES string of the molecule is C[C@H]1CC(=O)N(Cc2cc(F)c(C(=O)NC3CCN(C4CCOCC4)CC3)cc2Oc2ccc(-c3ccc(C4CCCC4)nn3)cc2)C1. The van der Waals surface area contributed by atoms with E-state index in [1.807, 2.05) is 37.3 Å². The highest BCUT2D eigenvalue weighted by Gasteiger charge is 2.30. The van der Waals surface area contributed by atoms with Crippen LogP contribution in [0.3, 0.4) is 0 Å². The summed E-state index contributed by atoms with van der Waals surface area (Å²) in [4.78, 5) is 30.3. The molecule has 4 aliphatic rings. The molecule has 0 unspecified atom stereocenters. The molecule has 3 aliphatic heterocycles. The molecule has 0 bridgehead atoms. The number of ether oxygens (including phenoxy) is 2. The Hall–Kier alpha value is -3.89. The Morgan fingerprint density at radius 1 is 0.979 bits per heavy atom. The van der Waals surface area contributed by atoms with Crippen molar-refractivity contribution >= 4 is 11.8 Å². The molecular formula is C38H46FN5O4. The van der Waals surface area contributed by atoms with Crippen LogP contribution in [0.2, 0.25) is 0 Å². The lowest BCUT2D eigenvalue weighted by atomic mass is 9.99. The molecule has 4 heterocycles. The number of nitrogens with zero attached hydrogens (tertiary/aromatic N) is 4. The normalized spacial score (nSPS) is 21.6. The van der Waals surface area contributed by atoms with Crippen LogP contribution in [0, 0.1) is 11.7 Å². The summed E-state index contributed by atoms with van der Waals surface area (Å²) < 4.78 is 27.5. The zero-order valence-electron chi connectivity index (χ0n) is 27.8. The van der Waals surface area contributed by atoms with Gasteiger partial charge in [-0.05, 0) is 93.0 Å². The number of nitrogens with one attached hydrogen (secondary N) is 1. The summed E-state index contributed by atoms with van der Waals surface area (Å²) in [5, 5.41) is 12.1. The fourth-order valence-electron chi connectivity index (χ4n) is 7.79. The van der Waals surface area contributed by atoms with Gasteiger partial charge in [0.05, 0.1) is 17.0 Å². The molecule has 48 heavy (non-hydrogen) atoms. The first-order valence-corrected chi connectivity index (χ1v) is 17.7. The highest BCUT2D eigenvalue weighted by Crippen LogP contribution is 2.34. The molecule has 4 fully saturated rings. The van der Waals surface area contributed by atoms with Gasteiger partial charge in [0.25, 0.3) is 5.91 Å². The number of benzene rings is 2. The number of carbonyl (C=O) groups is 2. The fraction of sp³-hybridized carbons (Fsp3) is 0.526. The number of piperidine rings is 1. The van der Waals surface area contributed by atoms with Crippen molar-refractivity contribution in [2.45, 2.75) is 89.3 Å². The van der Waals surface area contributed by atoms with Gasteiger partial charge in [0.2, 0.25) is 5.91 Å². The molecule has 2 aromatic carbocycles. The third-order valence-electron chi connectivity index (χ3n) is 10.6. The first-order chi connectivity index (χ1) is 23.4. The van der Waals surface area contributed by atoms with Crippen molar-refractivity contribution in [3.63, 3.8) is 0 Å². The van der Waals surface area contributed by atoms with E-state index in [1.165, 1.54) is 37.8 Å². The summed E-state index contributed by atoms with van der Waals surface area (Å²) in [5.41, 5.74) is 3.22. The van der Waals surface area contributed by atoms with Crippen molar-refractivity contribution in [1.29, 1.82) is 0 Å². The Morgan fingerprint density at radius 2 is 1.73 bits per heavy atom. The van der Waals surface area contributed by atoms with Crippen LogP contribution in [0.1, 0.15) is 92.2 Å². The van der Waals surface area contributed by atoms with E-state index >= 15 is 4.39 Å². The van der Waals surface area contributed by atoms with Gasteiger partial charge in [0, 0.05) is 74.9 Å². The lowest BCUT2D eigenvalue weighted by Crippen LogP contribution is -2.49. The van der Waals surface area contributed by atoms with Crippen molar-refractivity contribution < 1.29 is 23.5 Å². The van der Waals surface area contributed by atoms with E-state index in [-0.39, 0.29) is 30.0 Å². The van der Waals surface area contributed by atoms with Crippen LogP contribution in [0.25, 0.3) is 11.3 Å². The van der Waals surface area contributed by atoms with Crippen LogP contribution in [0.4, 0.5) is 4.39 Å². The Labute approximate surface area is 282 Å². The number of likely N-dealkylation sites (tertiary alicyclic amines) is 2. The zero-order valence-corrected chi connectivity index (χ0v) is 27.8. The molecule has 3 saturated heterocycles. The molecule has 3 aromatic rings. The minimum absolute atomic E-state index is 0.0244. The topological polar surface area (TPSA) is 96.9 Å². The number of halogens is 1. The van der Waals surface area contributed by atoms with Crippen LogP contribution in [0.5, 0.6) is 11.5 Å². The molecule has 2 amide bonds. The smallest absolute Gasteiger partial charge is 0.254 e. The van der Waals surface area contributed by atoms with Gasteiger partial charge < -0.3 is 24.6 Å². The second-order valence-electron chi connectivity index (χ2n) is 14.1. The van der Waals surface area contributed by atoms with E-state index in [2.05, 4.69) is 26.5 Å². The molecule has 254 valence electrons. The van der Waals surface area contributed by atoms with E-state index in [9.17, 15) is 9.59 Å². The minimum Gasteiger partial charge on any atom is -0.457 e.